The van der Waals surface area contributed by atoms with Crippen molar-refractivity contribution in [2.45, 2.75) is 19.8 Å². The van der Waals surface area contributed by atoms with E-state index in [2.05, 4.69) is 23.9 Å². The van der Waals surface area contributed by atoms with Crippen molar-refractivity contribution in [3.05, 3.63) is 23.8 Å². The molecule has 0 atom stereocenters. The fourth-order valence-corrected chi connectivity index (χ4v) is 1.46. The molecule has 0 unspecified atom stereocenters. The number of hydrogen-bond acceptors (Lipinski definition) is 4. The van der Waals surface area contributed by atoms with Gasteiger partial charge in [0.2, 0.25) is 0 Å². The van der Waals surface area contributed by atoms with Gasteiger partial charge in [-0.2, -0.15) is 0 Å². The Kier molecular flexibility index (Phi) is 4.82. The minimum atomic E-state index is -0.304. The summed E-state index contributed by atoms with van der Waals surface area (Å²) in [5.41, 5.74) is 2.00. The highest BCUT2D eigenvalue weighted by molar-refractivity contribution is 5.76. The Bertz CT molecular complexity index is 388. The minimum Gasteiger partial charge on any atom is -0.495 e. The number of anilines is 1. The van der Waals surface area contributed by atoms with Gasteiger partial charge in [-0.3, -0.25) is 4.79 Å². The number of carbonyl (C=O) groups is 1. The van der Waals surface area contributed by atoms with Crippen LogP contribution < -0.4 is 10.1 Å². The first-order valence-corrected chi connectivity index (χ1v) is 5.57. The van der Waals surface area contributed by atoms with Gasteiger partial charge in [-0.15, -0.1) is 0 Å². The van der Waals surface area contributed by atoms with Gasteiger partial charge in [0.1, 0.15) is 12.3 Å². The van der Waals surface area contributed by atoms with E-state index in [1.54, 1.807) is 7.11 Å². The smallest absolute Gasteiger partial charge is 0.325 e. The number of benzene rings is 1. The molecule has 0 heterocycles. The fraction of sp³-hybridized carbons (Fsp3) is 0.462. The second-order valence-electron chi connectivity index (χ2n) is 4.04. The summed E-state index contributed by atoms with van der Waals surface area (Å²) < 4.78 is 9.81. The summed E-state index contributed by atoms with van der Waals surface area (Å²) in [6, 6.07) is 5.91. The van der Waals surface area contributed by atoms with Crippen LogP contribution in [0.15, 0.2) is 18.2 Å². The third-order valence-electron chi connectivity index (χ3n) is 2.54. The first kappa shape index (κ1) is 13.4. The molecule has 94 valence electrons. The Labute approximate surface area is 102 Å². The van der Waals surface area contributed by atoms with E-state index in [0.29, 0.717) is 5.92 Å². The van der Waals surface area contributed by atoms with Crippen LogP contribution in [0.5, 0.6) is 5.75 Å². The lowest BCUT2D eigenvalue weighted by Crippen LogP contribution is -2.15. The van der Waals surface area contributed by atoms with E-state index in [1.165, 1.54) is 12.7 Å². The highest BCUT2D eigenvalue weighted by Crippen LogP contribution is 2.28. The van der Waals surface area contributed by atoms with Gasteiger partial charge in [-0.25, -0.2) is 0 Å². The summed E-state index contributed by atoms with van der Waals surface area (Å²) in [4.78, 5) is 11.1. The van der Waals surface area contributed by atoms with Crippen molar-refractivity contribution in [1.29, 1.82) is 0 Å². The Morgan fingerprint density at radius 1 is 1.35 bits per heavy atom. The molecular weight excluding hydrogens is 218 g/mol. The maximum Gasteiger partial charge on any atom is 0.325 e. The number of hydrogen-bond donors (Lipinski definition) is 1. The van der Waals surface area contributed by atoms with Crippen LogP contribution in [0.4, 0.5) is 5.69 Å². The molecule has 1 N–H and O–H groups in total. The Morgan fingerprint density at radius 2 is 2.06 bits per heavy atom. The quantitative estimate of drug-likeness (QED) is 0.799. The van der Waals surface area contributed by atoms with Crippen LogP contribution >= 0.6 is 0 Å². The monoisotopic (exact) mass is 237 g/mol. The summed E-state index contributed by atoms with van der Waals surface area (Å²) >= 11 is 0. The van der Waals surface area contributed by atoms with Gasteiger partial charge in [-0.05, 0) is 23.6 Å². The molecule has 0 amide bonds. The predicted octanol–water partition coefficient (Wildman–Crippen LogP) is 2.40. The topological polar surface area (TPSA) is 47.6 Å². The highest BCUT2D eigenvalue weighted by atomic mass is 16.5. The Morgan fingerprint density at radius 3 is 2.59 bits per heavy atom. The number of nitrogens with one attached hydrogen (secondary N) is 1. The first-order valence-electron chi connectivity index (χ1n) is 5.57. The molecule has 1 rings (SSSR count). The zero-order valence-corrected chi connectivity index (χ0v) is 10.7. The molecule has 0 aliphatic heterocycles. The van der Waals surface area contributed by atoms with Crippen molar-refractivity contribution in [1.82, 2.24) is 0 Å². The van der Waals surface area contributed by atoms with E-state index in [9.17, 15) is 4.79 Å². The van der Waals surface area contributed by atoms with Crippen molar-refractivity contribution in [2.24, 2.45) is 0 Å². The van der Waals surface area contributed by atoms with E-state index >= 15 is 0 Å². The van der Waals surface area contributed by atoms with E-state index in [4.69, 9.17) is 4.74 Å². The molecule has 0 fully saturated rings. The largest absolute Gasteiger partial charge is 0.495 e. The van der Waals surface area contributed by atoms with Crippen LogP contribution in [-0.4, -0.2) is 26.7 Å². The number of carbonyl (C=O) groups excluding carboxylic acids is 1. The summed E-state index contributed by atoms with van der Waals surface area (Å²) in [5, 5.41) is 3.01. The lowest BCUT2D eigenvalue weighted by molar-refractivity contribution is -0.138. The van der Waals surface area contributed by atoms with Crippen molar-refractivity contribution in [2.75, 3.05) is 26.1 Å². The van der Waals surface area contributed by atoms with Gasteiger partial charge in [0.15, 0.2) is 0 Å². The van der Waals surface area contributed by atoms with Crippen molar-refractivity contribution < 1.29 is 14.3 Å². The van der Waals surface area contributed by atoms with E-state index < -0.39 is 0 Å². The van der Waals surface area contributed by atoms with E-state index in [-0.39, 0.29) is 12.5 Å². The normalized spacial score (nSPS) is 10.2. The van der Waals surface area contributed by atoms with E-state index in [0.717, 1.165) is 11.4 Å². The van der Waals surface area contributed by atoms with E-state index in [1.807, 2.05) is 18.2 Å². The molecular formula is C13H19NO3. The standard InChI is InChI=1S/C13H19NO3/c1-9(2)10-5-6-12(16-3)11(7-10)14-8-13(15)17-4/h5-7,9,14H,8H2,1-4H3. The lowest BCUT2D eigenvalue weighted by Gasteiger charge is -2.13. The van der Waals surface area contributed by atoms with Crippen LogP contribution in [0.2, 0.25) is 0 Å². The molecule has 0 saturated heterocycles. The van der Waals surface area contributed by atoms with Gasteiger partial charge in [0.25, 0.3) is 0 Å². The zero-order chi connectivity index (χ0) is 12.8. The average Bonchev–Trinajstić information content (AvgIpc) is 2.35. The minimum absolute atomic E-state index is 0.133. The maximum atomic E-state index is 11.1. The van der Waals surface area contributed by atoms with Gasteiger partial charge in [0.05, 0.1) is 19.9 Å². The predicted molar refractivity (Wildman–Crippen MR) is 67.6 cm³/mol. The molecule has 0 aliphatic rings. The van der Waals surface area contributed by atoms with Gasteiger partial charge < -0.3 is 14.8 Å². The maximum absolute atomic E-state index is 11.1. The van der Waals surface area contributed by atoms with Gasteiger partial charge in [-0.1, -0.05) is 19.9 Å². The third-order valence-corrected chi connectivity index (χ3v) is 2.54. The van der Waals surface area contributed by atoms with Crippen molar-refractivity contribution >= 4 is 11.7 Å². The molecule has 0 bridgehead atoms. The van der Waals surface area contributed by atoms with Crippen LogP contribution in [-0.2, 0) is 9.53 Å². The SMILES string of the molecule is COC(=O)CNc1cc(C(C)C)ccc1OC. The van der Waals surface area contributed by atoms with Crippen LogP contribution in [0.1, 0.15) is 25.3 Å². The Balaban J connectivity index is 2.86. The second-order valence-corrected chi connectivity index (χ2v) is 4.04. The Hall–Kier alpha value is -1.71. The molecule has 4 nitrogen and oxygen atoms in total. The molecule has 0 spiro atoms. The molecule has 0 saturated carbocycles. The molecule has 4 heteroatoms. The second kappa shape index (κ2) is 6.13. The molecule has 0 aromatic heterocycles. The number of methoxy groups -OCH3 is 2. The van der Waals surface area contributed by atoms with Crippen molar-refractivity contribution in [3.8, 4) is 5.75 Å². The lowest BCUT2D eigenvalue weighted by atomic mass is 10.0. The van der Waals surface area contributed by atoms with Crippen LogP contribution in [0.3, 0.4) is 0 Å². The zero-order valence-electron chi connectivity index (χ0n) is 10.7. The third kappa shape index (κ3) is 3.66. The van der Waals surface area contributed by atoms with Crippen LogP contribution in [0.25, 0.3) is 0 Å². The van der Waals surface area contributed by atoms with Crippen molar-refractivity contribution in [3.63, 3.8) is 0 Å². The molecule has 0 radical (unpaired) electrons. The summed E-state index contributed by atoms with van der Waals surface area (Å²) in [6.07, 6.45) is 0. The summed E-state index contributed by atoms with van der Waals surface area (Å²) in [7, 11) is 2.97. The average molecular weight is 237 g/mol. The fourth-order valence-electron chi connectivity index (χ4n) is 1.46. The molecule has 17 heavy (non-hydrogen) atoms. The first-order chi connectivity index (χ1) is 8.08. The number of ether oxygens (including phenoxy) is 2. The number of esters is 1. The molecule has 0 aliphatic carbocycles. The molecule has 1 aromatic rings. The summed E-state index contributed by atoms with van der Waals surface area (Å²) in [5.74, 6) is 0.847. The molecule has 1 aromatic carbocycles. The number of rotatable bonds is 5. The van der Waals surface area contributed by atoms with Gasteiger partial charge in [0, 0.05) is 0 Å². The highest BCUT2D eigenvalue weighted by Gasteiger charge is 2.08. The van der Waals surface area contributed by atoms with Crippen LogP contribution in [0, 0.1) is 0 Å². The summed E-state index contributed by atoms with van der Waals surface area (Å²) in [6.45, 7) is 4.37. The van der Waals surface area contributed by atoms with Gasteiger partial charge >= 0.3 is 5.97 Å².